The van der Waals surface area contributed by atoms with Crippen LogP contribution in [0.3, 0.4) is 0 Å². The summed E-state index contributed by atoms with van der Waals surface area (Å²) in [5.41, 5.74) is 0.0142. The van der Waals surface area contributed by atoms with Gasteiger partial charge in [-0.15, -0.1) is 0 Å². The molecule has 0 aliphatic heterocycles. The van der Waals surface area contributed by atoms with Gasteiger partial charge in [0.2, 0.25) is 15.6 Å². The molecule has 9 nitrogen and oxygen atoms in total. The molecule has 0 fully saturated rings. The first-order chi connectivity index (χ1) is 13.8. The van der Waals surface area contributed by atoms with Crippen LogP contribution < -0.4 is 10.9 Å². The number of pyridine rings is 1. The molecule has 29 heavy (non-hydrogen) atoms. The number of benzene rings is 1. The minimum atomic E-state index is -3.71. The summed E-state index contributed by atoms with van der Waals surface area (Å²) in [7, 11) is -3.71. The van der Waals surface area contributed by atoms with Crippen LogP contribution in [0.1, 0.15) is 31.1 Å². The van der Waals surface area contributed by atoms with Gasteiger partial charge in [-0.1, -0.05) is 13.8 Å². The lowest BCUT2D eigenvalue weighted by Crippen LogP contribution is -2.30. The van der Waals surface area contributed by atoms with Crippen LogP contribution in [0.2, 0.25) is 0 Å². The summed E-state index contributed by atoms with van der Waals surface area (Å²) in [6.45, 7) is 6.62. The molecule has 0 aliphatic rings. The maximum absolute atomic E-state index is 12.9. The van der Waals surface area contributed by atoms with Gasteiger partial charge in [-0.2, -0.15) is 9.40 Å². The fraction of sp³-hybridized carbons (Fsp3) is 0.316. The molecule has 2 N–H and O–H groups in total. The molecule has 0 atom stereocenters. The Kier molecular flexibility index (Phi) is 5.85. The zero-order valence-corrected chi connectivity index (χ0v) is 17.3. The van der Waals surface area contributed by atoms with Crippen LogP contribution in [-0.2, 0) is 16.6 Å². The normalized spacial score (nSPS) is 11.9. The molecule has 154 valence electrons. The summed E-state index contributed by atoms with van der Waals surface area (Å²) in [6, 6.07) is 7.16. The molecule has 0 saturated carbocycles. The Morgan fingerprint density at radius 1 is 1.17 bits per heavy atom. The van der Waals surface area contributed by atoms with E-state index in [0.717, 1.165) is 6.07 Å². The monoisotopic (exact) mass is 417 g/mol. The lowest BCUT2D eigenvalue weighted by Gasteiger charge is -2.19. The molecule has 2 heterocycles. The number of sulfonamides is 1. The number of amides is 1. The largest absolute Gasteiger partial charge is 0.322 e. The van der Waals surface area contributed by atoms with Crippen molar-refractivity contribution in [2.75, 3.05) is 18.4 Å². The van der Waals surface area contributed by atoms with Gasteiger partial charge in [0.1, 0.15) is 5.82 Å². The van der Waals surface area contributed by atoms with Crippen LogP contribution in [0.25, 0.3) is 10.9 Å². The van der Waals surface area contributed by atoms with Gasteiger partial charge in [-0.05, 0) is 25.1 Å². The van der Waals surface area contributed by atoms with Gasteiger partial charge < -0.3 is 10.3 Å². The van der Waals surface area contributed by atoms with Crippen molar-refractivity contribution in [1.82, 2.24) is 19.1 Å². The molecule has 0 aliphatic carbocycles. The van der Waals surface area contributed by atoms with Crippen LogP contribution in [0.15, 0.2) is 46.2 Å². The van der Waals surface area contributed by atoms with Crippen molar-refractivity contribution in [3.8, 4) is 0 Å². The number of carbonyl (C=O) groups excluding carboxylic acids is 1. The van der Waals surface area contributed by atoms with E-state index in [4.69, 9.17) is 0 Å². The van der Waals surface area contributed by atoms with Crippen molar-refractivity contribution in [3.63, 3.8) is 0 Å². The summed E-state index contributed by atoms with van der Waals surface area (Å²) < 4.78 is 28.7. The van der Waals surface area contributed by atoms with Gasteiger partial charge in [-0.25, -0.2) is 13.1 Å². The molecule has 0 spiro atoms. The second kappa shape index (κ2) is 8.18. The predicted molar refractivity (Wildman–Crippen MR) is 111 cm³/mol. The van der Waals surface area contributed by atoms with E-state index in [1.807, 2.05) is 6.92 Å². The number of aryl methyl sites for hydroxylation is 1. The Morgan fingerprint density at radius 3 is 2.55 bits per heavy atom. The van der Waals surface area contributed by atoms with Crippen molar-refractivity contribution in [1.29, 1.82) is 0 Å². The first-order valence-corrected chi connectivity index (χ1v) is 10.8. The van der Waals surface area contributed by atoms with Crippen molar-refractivity contribution in [2.24, 2.45) is 0 Å². The first kappa shape index (κ1) is 20.7. The van der Waals surface area contributed by atoms with Crippen molar-refractivity contribution in [3.05, 3.63) is 52.4 Å². The van der Waals surface area contributed by atoms with Gasteiger partial charge in [0, 0.05) is 42.7 Å². The third-order valence-corrected chi connectivity index (χ3v) is 6.71. The van der Waals surface area contributed by atoms with Gasteiger partial charge in [-0.3, -0.25) is 9.59 Å². The number of nitrogens with zero attached hydrogens (tertiary/aromatic N) is 3. The number of H-pyrrole nitrogens is 1. The Morgan fingerprint density at radius 2 is 1.90 bits per heavy atom. The number of aromatic nitrogens is 3. The van der Waals surface area contributed by atoms with Crippen molar-refractivity contribution < 1.29 is 13.2 Å². The van der Waals surface area contributed by atoms with Crippen LogP contribution >= 0.6 is 0 Å². The Labute approximate surface area is 168 Å². The van der Waals surface area contributed by atoms with E-state index in [9.17, 15) is 18.0 Å². The molecular formula is C19H23N5O4S. The Hall–Kier alpha value is -2.98. The van der Waals surface area contributed by atoms with Crippen LogP contribution in [0, 0.1) is 0 Å². The standard InChI is InChI=1S/C19H23N5O4S/c1-4-23(5-2)29(27,28)13-7-8-16-14(11-13)15(12-18(25)21-16)19(26)22-17-9-10-20-24(17)6-3/h7-12H,4-6H2,1-3H3,(H,21,25)(H,22,26). The Balaban J connectivity index is 2.12. The second-order valence-electron chi connectivity index (χ2n) is 6.33. The average molecular weight is 417 g/mol. The van der Waals surface area contributed by atoms with Crippen molar-refractivity contribution in [2.45, 2.75) is 32.2 Å². The highest BCUT2D eigenvalue weighted by Gasteiger charge is 2.23. The minimum absolute atomic E-state index is 0.0633. The summed E-state index contributed by atoms with van der Waals surface area (Å²) in [4.78, 5) is 27.6. The number of hydrogen-bond donors (Lipinski definition) is 2. The molecule has 0 bridgehead atoms. The SMILES string of the molecule is CCN(CC)S(=O)(=O)c1ccc2[nH]c(=O)cc(C(=O)Nc3ccnn3CC)c2c1. The van der Waals surface area contributed by atoms with Crippen molar-refractivity contribution >= 4 is 32.7 Å². The molecule has 1 amide bonds. The average Bonchev–Trinajstić information content (AvgIpc) is 3.14. The molecular weight excluding hydrogens is 394 g/mol. The predicted octanol–water partition coefficient (Wildman–Crippen LogP) is 2.03. The van der Waals surface area contributed by atoms with E-state index in [-0.39, 0.29) is 10.5 Å². The molecule has 10 heteroatoms. The molecule has 1 aromatic carbocycles. The Bertz CT molecular complexity index is 1210. The van der Waals surface area contributed by atoms with E-state index in [1.54, 1.807) is 30.8 Å². The smallest absolute Gasteiger partial charge is 0.257 e. The summed E-state index contributed by atoms with van der Waals surface area (Å²) in [6.07, 6.45) is 1.56. The topological polar surface area (TPSA) is 117 Å². The van der Waals surface area contributed by atoms with E-state index in [2.05, 4.69) is 15.4 Å². The zero-order chi connectivity index (χ0) is 21.2. The molecule has 3 aromatic rings. The van der Waals surface area contributed by atoms with Gasteiger partial charge >= 0.3 is 0 Å². The fourth-order valence-electron chi connectivity index (χ4n) is 3.17. The van der Waals surface area contributed by atoms with Crippen LogP contribution in [0.5, 0.6) is 0 Å². The minimum Gasteiger partial charge on any atom is -0.322 e. The number of aromatic amines is 1. The van der Waals surface area contributed by atoms with E-state index >= 15 is 0 Å². The van der Waals surface area contributed by atoms with E-state index in [0.29, 0.717) is 36.4 Å². The summed E-state index contributed by atoms with van der Waals surface area (Å²) in [5.74, 6) is -0.0356. The molecule has 2 aromatic heterocycles. The summed E-state index contributed by atoms with van der Waals surface area (Å²) in [5, 5.41) is 7.17. The second-order valence-corrected chi connectivity index (χ2v) is 8.27. The van der Waals surface area contributed by atoms with Crippen LogP contribution in [-0.4, -0.2) is 46.5 Å². The highest BCUT2D eigenvalue weighted by atomic mass is 32.2. The number of nitrogens with one attached hydrogen (secondary N) is 2. The molecule has 0 radical (unpaired) electrons. The quantitative estimate of drug-likeness (QED) is 0.610. The van der Waals surface area contributed by atoms with Gasteiger partial charge in [0.25, 0.3) is 5.91 Å². The third-order valence-electron chi connectivity index (χ3n) is 4.66. The van der Waals surface area contributed by atoms with Gasteiger partial charge in [0.15, 0.2) is 0 Å². The third kappa shape index (κ3) is 3.94. The number of carbonyl (C=O) groups is 1. The zero-order valence-electron chi connectivity index (χ0n) is 16.5. The number of rotatable bonds is 7. The lowest BCUT2D eigenvalue weighted by molar-refractivity contribution is 0.102. The van der Waals surface area contributed by atoms with E-state index < -0.39 is 21.5 Å². The lowest BCUT2D eigenvalue weighted by atomic mass is 10.1. The molecule has 0 saturated heterocycles. The summed E-state index contributed by atoms with van der Waals surface area (Å²) >= 11 is 0. The molecule has 3 rings (SSSR count). The fourth-order valence-corrected chi connectivity index (χ4v) is 4.65. The van der Waals surface area contributed by atoms with Crippen LogP contribution in [0.4, 0.5) is 5.82 Å². The first-order valence-electron chi connectivity index (χ1n) is 9.32. The number of anilines is 1. The number of hydrogen-bond acceptors (Lipinski definition) is 5. The molecule has 0 unspecified atom stereocenters. The maximum Gasteiger partial charge on any atom is 0.257 e. The highest BCUT2D eigenvalue weighted by Crippen LogP contribution is 2.23. The van der Waals surface area contributed by atoms with Gasteiger partial charge in [0.05, 0.1) is 16.7 Å². The number of fused-ring (bicyclic) bond motifs is 1. The highest BCUT2D eigenvalue weighted by molar-refractivity contribution is 7.89. The maximum atomic E-state index is 12.9. The van der Waals surface area contributed by atoms with E-state index in [1.165, 1.54) is 22.5 Å².